The fraction of sp³-hybridized carbons (Fsp3) is 0.316. The fourth-order valence-corrected chi connectivity index (χ4v) is 2.97. The number of hydrogen-bond donors (Lipinski definition) is 1. The van der Waals surface area contributed by atoms with E-state index in [-0.39, 0.29) is 5.91 Å². The van der Waals surface area contributed by atoms with E-state index in [9.17, 15) is 4.79 Å². The summed E-state index contributed by atoms with van der Waals surface area (Å²) in [5.74, 6) is 1.08. The summed E-state index contributed by atoms with van der Waals surface area (Å²) >= 11 is 2.16. The van der Waals surface area contributed by atoms with Gasteiger partial charge >= 0.3 is 0 Å². The van der Waals surface area contributed by atoms with Crippen molar-refractivity contribution in [2.45, 2.75) is 27.2 Å². The summed E-state index contributed by atoms with van der Waals surface area (Å²) in [6.07, 6.45) is 0.911. The lowest BCUT2D eigenvalue weighted by atomic mass is 10.1. The maximum atomic E-state index is 12.5. The Labute approximate surface area is 156 Å². The Bertz CT molecular complexity index is 744. The number of carbonyl (C=O) groups excluding carboxylic acids is 1. The van der Waals surface area contributed by atoms with E-state index in [4.69, 9.17) is 9.47 Å². The maximum absolute atomic E-state index is 12.5. The molecule has 0 aliphatic rings. The molecule has 4 nitrogen and oxygen atoms in total. The molecule has 0 heterocycles. The minimum Gasteiger partial charge on any atom is -0.493 e. The third kappa shape index (κ3) is 4.41. The predicted molar refractivity (Wildman–Crippen MR) is 105 cm³/mol. The number of halogens is 1. The van der Waals surface area contributed by atoms with E-state index in [2.05, 4.69) is 27.9 Å². The highest BCUT2D eigenvalue weighted by atomic mass is 127. The zero-order valence-corrected chi connectivity index (χ0v) is 16.6. The molecule has 0 aliphatic carbocycles. The number of amides is 1. The molecule has 2 aromatic rings. The molecule has 0 atom stereocenters. The normalized spacial score (nSPS) is 10.4. The van der Waals surface area contributed by atoms with Crippen molar-refractivity contribution in [1.82, 2.24) is 0 Å². The minimum atomic E-state index is -0.170. The molecule has 5 heteroatoms. The highest BCUT2D eigenvalue weighted by Crippen LogP contribution is 2.34. The van der Waals surface area contributed by atoms with Crippen LogP contribution in [0.3, 0.4) is 0 Å². The van der Waals surface area contributed by atoms with Gasteiger partial charge in [-0.2, -0.15) is 0 Å². The summed E-state index contributed by atoms with van der Waals surface area (Å²) < 4.78 is 12.0. The number of ether oxygens (including phenoxy) is 2. The number of rotatable bonds is 6. The Balaban J connectivity index is 2.25. The van der Waals surface area contributed by atoms with Gasteiger partial charge in [0.25, 0.3) is 5.91 Å². The molecule has 0 aromatic heterocycles. The lowest BCUT2D eigenvalue weighted by Crippen LogP contribution is -2.13. The molecule has 0 saturated carbocycles. The first-order valence-corrected chi connectivity index (χ1v) is 8.93. The molecule has 2 aromatic carbocycles. The summed E-state index contributed by atoms with van der Waals surface area (Å²) in [7, 11) is 1.58. The predicted octanol–water partition coefficient (Wildman–Crippen LogP) is 4.96. The maximum Gasteiger partial charge on any atom is 0.255 e. The van der Waals surface area contributed by atoms with Crippen molar-refractivity contribution < 1.29 is 14.3 Å². The average Bonchev–Trinajstić information content (AvgIpc) is 2.56. The Morgan fingerprint density at radius 3 is 2.54 bits per heavy atom. The van der Waals surface area contributed by atoms with Crippen molar-refractivity contribution in [3.05, 3.63) is 50.6 Å². The zero-order chi connectivity index (χ0) is 17.7. The number of hydrogen-bond acceptors (Lipinski definition) is 3. The summed E-state index contributed by atoms with van der Waals surface area (Å²) in [5, 5.41) is 2.93. The lowest BCUT2D eigenvalue weighted by molar-refractivity contribution is 0.102. The Morgan fingerprint density at radius 2 is 1.92 bits per heavy atom. The highest BCUT2D eigenvalue weighted by molar-refractivity contribution is 14.1. The van der Waals surface area contributed by atoms with Crippen molar-refractivity contribution in [3.8, 4) is 11.5 Å². The van der Waals surface area contributed by atoms with Gasteiger partial charge in [0, 0.05) is 11.3 Å². The lowest BCUT2D eigenvalue weighted by Gasteiger charge is -2.14. The van der Waals surface area contributed by atoms with Crippen molar-refractivity contribution in [2.24, 2.45) is 0 Å². The summed E-state index contributed by atoms with van der Waals surface area (Å²) in [5.41, 5.74) is 3.66. The molecule has 0 spiro atoms. The third-order valence-electron chi connectivity index (χ3n) is 3.71. The number of anilines is 1. The second-order valence-electron chi connectivity index (χ2n) is 5.59. The molecule has 0 aliphatic heterocycles. The molecule has 128 valence electrons. The van der Waals surface area contributed by atoms with Gasteiger partial charge in [-0.3, -0.25) is 4.79 Å². The van der Waals surface area contributed by atoms with E-state index in [0.29, 0.717) is 23.7 Å². The molecular weight excluding hydrogens is 417 g/mol. The second kappa shape index (κ2) is 8.37. The topological polar surface area (TPSA) is 47.6 Å². The zero-order valence-electron chi connectivity index (χ0n) is 14.4. The van der Waals surface area contributed by atoms with Gasteiger partial charge in [0.1, 0.15) is 0 Å². The van der Waals surface area contributed by atoms with Crippen LogP contribution in [0, 0.1) is 17.4 Å². The molecule has 1 amide bonds. The first kappa shape index (κ1) is 18.6. The van der Waals surface area contributed by atoms with Gasteiger partial charge in [-0.05, 0) is 78.3 Å². The monoisotopic (exact) mass is 439 g/mol. The van der Waals surface area contributed by atoms with E-state index in [0.717, 1.165) is 21.2 Å². The number of carbonyl (C=O) groups is 1. The molecule has 0 bridgehead atoms. The molecule has 0 unspecified atom stereocenters. The van der Waals surface area contributed by atoms with E-state index in [1.807, 2.05) is 45.0 Å². The van der Waals surface area contributed by atoms with E-state index >= 15 is 0 Å². The quantitative estimate of drug-likeness (QED) is 0.648. The van der Waals surface area contributed by atoms with Crippen LogP contribution in [0.25, 0.3) is 0 Å². The van der Waals surface area contributed by atoms with Gasteiger partial charge in [-0.1, -0.05) is 13.0 Å². The van der Waals surface area contributed by atoms with Crippen LogP contribution in [0.2, 0.25) is 0 Å². The summed E-state index contributed by atoms with van der Waals surface area (Å²) in [6.45, 7) is 6.73. The van der Waals surface area contributed by atoms with Crippen LogP contribution in [0.1, 0.15) is 34.8 Å². The average molecular weight is 439 g/mol. The van der Waals surface area contributed by atoms with E-state index < -0.39 is 0 Å². The standard InChI is InChI=1S/C19H22INO3/c1-5-8-24-18-16(20)10-14(11-17(18)23-4)19(22)21-15-7-6-12(2)13(3)9-15/h6-7,9-11H,5,8H2,1-4H3,(H,21,22). The first-order chi connectivity index (χ1) is 11.5. The number of aryl methyl sites for hydroxylation is 2. The smallest absolute Gasteiger partial charge is 0.255 e. The van der Waals surface area contributed by atoms with Crippen molar-refractivity contribution in [3.63, 3.8) is 0 Å². The Morgan fingerprint density at radius 1 is 1.17 bits per heavy atom. The molecule has 0 saturated heterocycles. The summed E-state index contributed by atoms with van der Waals surface area (Å²) in [6, 6.07) is 9.39. The van der Waals surface area contributed by atoms with Crippen LogP contribution in [-0.2, 0) is 0 Å². The largest absolute Gasteiger partial charge is 0.493 e. The Kier molecular flexibility index (Phi) is 6.48. The van der Waals surface area contributed by atoms with Crippen LogP contribution in [-0.4, -0.2) is 19.6 Å². The van der Waals surface area contributed by atoms with E-state index in [1.165, 1.54) is 5.56 Å². The van der Waals surface area contributed by atoms with Gasteiger partial charge in [0.05, 0.1) is 17.3 Å². The number of nitrogens with one attached hydrogen (secondary N) is 1. The van der Waals surface area contributed by atoms with Crippen molar-refractivity contribution in [2.75, 3.05) is 19.0 Å². The fourth-order valence-electron chi connectivity index (χ4n) is 2.22. The molecule has 24 heavy (non-hydrogen) atoms. The van der Waals surface area contributed by atoms with Gasteiger partial charge in [-0.15, -0.1) is 0 Å². The van der Waals surface area contributed by atoms with Gasteiger partial charge in [0.15, 0.2) is 11.5 Å². The van der Waals surface area contributed by atoms with Crippen LogP contribution in [0.15, 0.2) is 30.3 Å². The third-order valence-corrected chi connectivity index (χ3v) is 4.51. The minimum absolute atomic E-state index is 0.170. The highest BCUT2D eigenvalue weighted by Gasteiger charge is 2.16. The van der Waals surface area contributed by atoms with Crippen molar-refractivity contribution in [1.29, 1.82) is 0 Å². The van der Waals surface area contributed by atoms with Crippen LogP contribution in [0.5, 0.6) is 11.5 Å². The van der Waals surface area contributed by atoms with Crippen molar-refractivity contribution >= 4 is 34.2 Å². The molecule has 1 N–H and O–H groups in total. The molecular formula is C19H22INO3. The second-order valence-corrected chi connectivity index (χ2v) is 6.75. The molecule has 0 fully saturated rings. The van der Waals surface area contributed by atoms with Crippen LogP contribution < -0.4 is 14.8 Å². The van der Waals surface area contributed by atoms with Gasteiger partial charge in [0.2, 0.25) is 0 Å². The van der Waals surface area contributed by atoms with Crippen LogP contribution >= 0.6 is 22.6 Å². The Hall–Kier alpha value is -1.76. The molecule has 0 radical (unpaired) electrons. The molecule has 2 rings (SSSR count). The summed E-state index contributed by atoms with van der Waals surface area (Å²) in [4.78, 5) is 12.5. The van der Waals surface area contributed by atoms with E-state index in [1.54, 1.807) is 13.2 Å². The number of methoxy groups -OCH3 is 1. The SMILES string of the molecule is CCCOc1c(I)cc(C(=O)Nc2ccc(C)c(C)c2)cc1OC. The number of benzene rings is 2. The van der Waals surface area contributed by atoms with Gasteiger partial charge < -0.3 is 14.8 Å². The first-order valence-electron chi connectivity index (χ1n) is 7.85. The van der Waals surface area contributed by atoms with Gasteiger partial charge in [-0.25, -0.2) is 0 Å². The van der Waals surface area contributed by atoms with Crippen LogP contribution in [0.4, 0.5) is 5.69 Å².